The fraction of sp³-hybridized carbons (Fsp3) is 0.800. The summed E-state index contributed by atoms with van der Waals surface area (Å²) in [5.74, 6) is 1.26. The van der Waals surface area contributed by atoms with Crippen LogP contribution in [0.4, 0.5) is 5.82 Å². The molecule has 2 heterocycles. The lowest BCUT2D eigenvalue weighted by Gasteiger charge is -2.37. The number of anilines is 1. The van der Waals surface area contributed by atoms with Crippen LogP contribution in [0.15, 0.2) is 0 Å². The first-order valence-corrected chi connectivity index (χ1v) is 7.64. The van der Waals surface area contributed by atoms with Gasteiger partial charge in [-0.1, -0.05) is 20.8 Å². The fourth-order valence-corrected chi connectivity index (χ4v) is 2.83. The summed E-state index contributed by atoms with van der Waals surface area (Å²) in [6.45, 7) is 12.1. The van der Waals surface area contributed by atoms with Crippen LogP contribution < -0.4 is 10.2 Å². The van der Waals surface area contributed by atoms with Gasteiger partial charge >= 0.3 is 0 Å². The van der Waals surface area contributed by atoms with Gasteiger partial charge in [0.15, 0.2) is 0 Å². The number of morpholine rings is 1. The highest BCUT2D eigenvalue weighted by Gasteiger charge is 2.27. The molecule has 1 aliphatic heterocycles. The van der Waals surface area contributed by atoms with Crippen LogP contribution in [-0.4, -0.2) is 41.6 Å². The van der Waals surface area contributed by atoms with Gasteiger partial charge in [0.05, 0.1) is 24.9 Å². The smallest absolute Gasteiger partial charge is 0.131 e. The van der Waals surface area contributed by atoms with Gasteiger partial charge in [-0.15, -0.1) is 0 Å². The molecule has 114 valence electrons. The van der Waals surface area contributed by atoms with Crippen molar-refractivity contribution in [3.63, 3.8) is 0 Å². The Morgan fingerprint density at radius 1 is 1.45 bits per heavy atom. The Morgan fingerprint density at radius 3 is 2.85 bits per heavy atom. The van der Waals surface area contributed by atoms with E-state index in [0.717, 1.165) is 38.4 Å². The normalized spacial score (nSPS) is 19.9. The lowest BCUT2D eigenvalue weighted by molar-refractivity contribution is 0.0920. The summed E-state index contributed by atoms with van der Waals surface area (Å²) in [5.41, 5.74) is 2.44. The quantitative estimate of drug-likeness (QED) is 0.894. The van der Waals surface area contributed by atoms with Gasteiger partial charge in [0.25, 0.3) is 0 Å². The number of aryl methyl sites for hydroxylation is 2. The van der Waals surface area contributed by atoms with Gasteiger partial charge in [-0.2, -0.15) is 5.10 Å². The lowest BCUT2D eigenvalue weighted by atomic mass is 10.1. The molecular formula is C15H28N4O. The topological polar surface area (TPSA) is 42.3 Å². The predicted octanol–water partition coefficient (Wildman–Crippen LogP) is 1.84. The van der Waals surface area contributed by atoms with Crippen molar-refractivity contribution >= 4 is 5.82 Å². The zero-order chi connectivity index (χ0) is 14.7. The maximum absolute atomic E-state index is 5.62. The molecule has 1 N–H and O–H groups in total. The summed E-state index contributed by atoms with van der Waals surface area (Å²) in [5, 5.41) is 8.14. The Kier molecular flexibility index (Phi) is 5.05. The molecule has 2 rings (SSSR count). The molecule has 5 heteroatoms. The Labute approximate surface area is 122 Å². The van der Waals surface area contributed by atoms with Crippen molar-refractivity contribution in [1.29, 1.82) is 0 Å². The van der Waals surface area contributed by atoms with E-state index in [2.05, 4.69) is 43.0 Å². The van der Waals surface area contributed by atoms with Crippen LogP contribution in [0.1, 0.15) is 38.4 Å². The number of nitrogens with one attached hydrogen (secondary N) is 1. The van der Waals surface area contributed by atoms with Crippen LogP contribution in [0.25, 0.3) is 0 Å². The van der Waals surface area contributed by atoms with Gasteiger partial charge in [-0.05, 0) is 13.3 Å². The summed E-state index contributed by atoms with van der Waals surface area (Å²) in [7, 11) is 2.05. The maximum Gasteiger partial charge on any atom is 0.131 e. The average molecular weight is 280 g/mol. The number of nitrogens with zero attached hydrogens (tertiary/aromatic N) is 3. The molecule has 0 amide bonds. The molecule has 1 fully saturated rings. The standard InChI is InChI=1S/C15H28N4O/c1-6-13-10-20-8-7-19(13)15-14(9-16-11(2)3)12(4)17-18(15)5/h11,13,16H,6-10H2,1-5H3. The Balaban J connectivity index is 2.28. The van der Waals surface area contributed by atoms with Crippen molar-refractivity contribution in [3.05, 3.63) is 11.3 Å². The van der Waals surface area contributed by atoms with E-state index in [1.807, 2.05) is 11.7 Å². The number of rotatable bonds is 5. The van der Waals surface area contributed by atoms with E-state index in [4.69, 9.17) is 4.74 Å². The van der Waals surface area contributed by atoms with E-state index in [9.17, 15) is 0 Å². The summed E-state index contributed by atoms with van der Waals surface area (Å²) in [6, 6.07) is 0.936. The van der Waals surface area contributed by atoms with E-state index in [-0.39, 0.29) is 0 Å². The Morgan fingerprint density at radius 2 is 2.20 bits per heavy atom. The minimum Gasteiger partial charge on any atom is -0.377 e. The van der Waals surface area contributed by atoms with Gasteiger partial charge in [0.2, 0.25) is 0 Å². The molecule has 0 spiro atoms. The highest BCUT2D eigenvalue weighted by atomic mass is 16.5. The van der Waals surface area contributed by atoms with E-state index in [1.54, 1.807) is 0 Å². The predicted molar refractivity (Wildman–Crippen MR) is 82.2 cm³/mol. The van der Waals surface area contributed by atoms with Crippen LogP contribution in [0, 0.1) is 6.92 Å². The minimum atomic E-state index is 0.455. The molecular weight excluding hydrogens is 252 g/mol. The summed E-state index contributed by atoms with van der Waals surface area (Å²) in [4.78, 5) is 2.47. The molecule has 1 unspecified atom stereocenters. The van der Waals surface area contributed by atoms with E-state index in [0.29, 0.717) is 12.1 Å². The average Bonchev–Trinajstić information content (AvgIpc) is 2.70. The lowest BCUT2D eigenvalue weighted by Crippen LogP contribution is -2.46. The summed E-state index contributed by atoms with van der Waals surface area (Å²) < 4.78 is 7.65. The zero-order valence-corrected chi connectivity index (χ0v) is 13.4. The third kappa shape index (κ3) is 3.15. The number of ether oxygens (including phenoxy) is 1. The SMILES string of the molecule is CCC1COCCN1c1c(CNC(C)C)c(C)nn1C. The molecule has 5 nitrogen and oxygen atoms in total. The second kappa shape index (κ2) is 6.59. The van der Waals surface area contributed by atoms with Crippen molar-refractivity contribution in [2.45, 2.75) is 52.7 Å². The molecule has 0 radical (unpaired) electrons. The van der Waals surface area contributed by atoms with Crippen molar-refractivity contribution in [2.75, 3.05) is 24.7 Å². The van der Waals surface area contributed by atoms with Crippen LogP contribution in [-0.2, 0) is 18.3 Å². The first kappa shape index (κ1) is 15.3. The second-order valence-corrected chi connectivity index (χ2v) is 5.88. The van der Waals surface area contributed by atoms with Crippen molar-refractivity contribution in [3.8, 4) is 0 Å². The molecule has 0 aliphatic carbocycles. The highest BCUT2D eigenvalue weighted by Crippen LogP contribution is 2.27. The molecule has 1 aromatic heterocycles. The zero-order valence-electron chi connectivity index (χ0n) is 13.4. The molecule has 1 saturated heterocycles. The molecule has 0 bridgehead atoms. The first-order valence-electron chi connectivity index (χ1n) is 7.64. The first-order chi connectivity index (χ1) is 9.54. The fourth-order valence-electron chi connectivity index (χ4n) is 2.83. The van der Waals surface area contributed by atoms with Gasteiger partial charge in [0, 0.05) is 31.7 Å². The molecule has 1 aromatic rings. The number of hydrogen-bond acceptors (Lipinski definition) is 4. The number of aromatic nitrogens is 2. The Bertz CT molecular complexity index is 441. The van der Waals surface area contributed by atoms with E-state index >= 15 is 0 Å². The molecule has 0 saturated carbocycles. The molecule has 1 aliphatic rings. The van der Waals surface area contributed by atoms with Gasteiger partial charge < -0.3 is 15.0 Å². The van der Waals surface area contributed by atoms with E-state index in [1.165, 1.54) is 11.4 Å². The van der Waals surface area contributed by atoms with Crippen LogP contribution >= 0.6 is 0 Å². The van der Waals surface area contributed by atoms with Crippen molar-refractivity contribution in [1.82, 2.24) is 15.1 Å². The Hall–Kier alpha value is -1.07. The molecule has 0 aromatic carbocycles. The second-order valence-electron chi connectivity index (χ2n) is 5.88. The van der Waals surface area contributed by atoms with Crippen LogP contribution in [0.5, 0.6) is 0 Å². The third-order valence-electron chi connectivity index (χ3n) is 3.97. The highest BCUT2D eigenvalue weighted by molar-refractivity contribution is 5.51. The minimum absolute atomic E-state index is 0.455. The third-order valence-corrected chi connectivity index (χ3v) is 3.97. The monoisotopic (exact) mass is 280 g/mol. The van der Waals surface area contributed by atoms with E-state index < -0.39 is 0 Å². The molecule has 20 heavy (non-hydrogen) atoms. The summed E-state index contributed by atoms with van der Waals surface area (Å²) in [6.07, 6.45) is 1.10. The van der Waals surface area contributed by atoms with Crippen LogP contribution in [0.3, 0.4) is 0 Å². The van der Waals surface area contributed by atoms with Crippen molar-refractivity contribution in [2.24, 2.45) is 7.05 Å². The van der Waals surface area contributed by atoms with Gasteiger partial charge in [-0.25, -0.2) is 0 Å². The van der Waals surface area contributed by atoms with Crippen molar-refractivity contribution < 1.29 is 4.74 Å². The number of hydrogen-bond donors (Lipinski definition) is 1. The van der Waals surface area contributed by atoms with Crippen LogP contribution in [0.2, 0.25) is 0 Å². The molecule has 1 atom stereocenters. The van der Waals surface area contributed by atoms with Gasteiger partial charge in [0.1, 0.15) is 5.82 Å². The summed E-state index contributed by atoms with van der Waals surface area (Å²) >= 11 is 0. The maximum atomic E-state index is 5.62. The largest absolute Gasteiger partial charge is 0.377 e. The van der Waals surface area contributed by atoms with Gasteiger partial charge in [-0.3, -0.25) is 4.68 Å².